The van der Waals surface area contributed by atoms with Gasteiger partial charge in [0.15, 0.2) is 0 Å². The molecule has 2 atom stereocenters. The van der Waals surface area contributed by atoms with Crippen LogP contribution >= 0.6 is 0 Å². The molecule has 6 nitrogen and oxygen atoms in total. The molecule has 0 saturated heterocycles. The molecule has 0 aliphatic heterocycles. The number of nitrogens with zero attached hydrogens (tertiary/aromatic N) is 2. The number of hydrogen-bond donors (Lipinski definition) is 2. The fourth-order valence-electron chi connectivity index (χ4n) is 2.90. The maximum atomic E-state index is 11.6. The molecule has 0 fully saturated rings. The Hall–Kier alpha value is -1.92. The van der Waals surface area contributed by atoms with Crippen LogP contribution in [0.5, 0.6) is 0 Å². The zero-order chi connectivity index (χ0) is 17.7. The standard InChI is InChI=1S/C18H27N3O3/c1-4-8-24-9-7-21(3)12(2)20-14-6-5-13-10-16(22)17(18(19)23)15(13)11-14/h5-6,11,16-17,22H,4,7-10H2,1-3H3,(H2,19,23)/t16-,17-/m1/s1. The van der Waals surface area contributed by atoms with Crippen molar-refractivity contribution in [1.82, 2.24) is 4.90 Å². The molecule has 0 spiro atoms. The fourth-order valence-corrected chi connectivity index (χ4v) is 2.90. The van der Waals surface area contributed by atoms with Crippen LogP contribution in [0.2, 0.25) is 0 Å². The lowest BCUT2D eigenvalue weighted by molar-refractivity contribution is -0.121. The highest BCUT2D eigenvalue weighted by Gasteiger charge is 2.35. The first-order chi connectivity index (χ1) is 11.4. The molecule has 132 valence electrons. The summed E-state index contributed by atoms with van der Waals surface area (Å²) < 4.78 is 5.49. The van der Waals surface area contributed by atoms with Crippen molar-refractivity contribution in [2.75, 3.05) is 26.8 Å². The third-order valence-corrected chi connectivity index (χ3v) is 4.35. The molecule has 24 heavy (non-hydrogen) atoms. The van der Waals surface area contributed by atoms with Crippen LogP contribution in [0.25, 0.3) is 0 Å². The molecule has 1 aromatic carbocycles. The van der Waals surface area contributed by atoms with Crippen molar-refractivity contribution in [2.45, 2.75) is 38.7 Å². The number of aliphatic imine (C=N–C) groups is 1. The predicted octanol–water partition coefficient (Wildman–Crippen LogP) is 1.58. The van der Waals surface area contributed by atoms with Gasteiger partial charge >= 0.3 is 0 Å². The summed E-state index contributed by atoms with van der Waals surface area (Å²) in [5.41, 5.74) is 7.93. The average Bonchev–Trinajstić information content (AvgIpc) is 2.86. The van der Waals surface area contributed by atoms with E-state index in [4.69, 9.17) is 10.5 Å². The Balaban J connectivity index is 2.09. The Morgan fingerprint density at radius 1 is 1.46 bits per heavy atom. The Morgan fingerprint density at radius 2 is 2.21 bits per heavy atom. The zero-order valence-electron chi connectivity index (χ0n) is 14.7. The third-order valence-electron chi connectivity index (χ3n) is 4.35. The van der Waals surface area contributed by atoms with Gasteiger partial charge in [0.2, 0.25) is 5.91 Å². The number of aliphatic hydroxyl groups is 1. The van der Waals surface area contributed by atoms with Crippen LogP contribution in [0.15, 0.2) is 23.2 Å². The van der Waals surface area contributed by atoms with Crippen molar-refractivity contribution in [3.05, 3.63) is 29.3 Å². The summed E-state index contributed by atoms with van der Waals surface area (Å²) in [6.07, 6.45) is 0.732. The molecule has 0 aromatic heterocycles. The number of likely N-dealkylation sites (N-methyl/N-ethyl adjacent to an activating group) is 1. The van der Waals surface area contributed by atoms with Gasteiger partial charge in [0, 0.05) is 20.2 Å². The number of amidine groups is 1. The van der Waals surface area contributed by atoms with Gasteiger partial charge < -0.3 is 20.5 Å². The van der Waals surface area contributed by atoms with E-state index in [1.165, 1.54) is 0 Å². The summed E-state index contributed by atoms with van der Waals surface area (Å²) in [5, 5.41) is 10.0. The first-order valence-corrected chi connectivity index (χ1v) is 8.38. The summed E-state index contributed by atoms with van der Waals surface area (Å²) >= 11 is 0. The molecule has 1 aliphatic carbocycles. The van der Waals surface area contributed by atoms with Crippen molar-refractivity contribution >= 4 is 17.4 Å². The van der Waals surface area contributed by atoms with E-state index < -0.39 is 17.9 Å². The van der Waals surface area contributed by atoms with Crippen molar-refractivity contribution < 1.29 is 14.6 Å². The van der Waals surface area contributed by atoms with E-state index in [1.54, 1.807) is 0 Å². The molecule has 0 heterocycles. The second-order valence-corrected chi connectivity index (χ2v) is 6.23. The van der Waals surface area contributed by atoms with E-state index in [1.807, 2.05) is 37.1 Å². The van der Waals surface area contributed by atoms with Gasteiger partial charge in [-0.25, -0.2) is 4.99 Å². The number of carbonyl (C=O) groups is 1. The molecular weight excluding hydrogens is 306 g/mol. The van der Waals surface area contributed by atoms with Crippen molar-refractivity contribution in [1.29, 1.82) is 0 Å². The molecular formula is C18H27N3O3. The van der Waals surface area contributed by atoms with E-state index in [2.05, 4.69) is 11.9 Å². The van der Waals surface area contributed by atoms with Gasteiger partial charge in [0.25, 0.3) is 0 Å². The smallest absolute Gasteiger partial charge is 0.227 e. The van der Waals surface area contributed by atoms with Crippen molar-refractivity contribution in [2.24, 2.45) is 10.7 Å². The lowest BCUT2D eigenvalue weighted by Gasteiger charge is -2.18. The number of benzene rings is 1. The summed E-state index contributed by atoms with van der Waals surface area (Å²) in [6, 6.07) is 5.67. The van der Waals surface area contributed by atoms with Crippen LogP contribution < -0.4 is 5.73 Å². The molecule has 1 aliphatic rings. The predicted molar refractivity (Wildman–Crippen MR) is 94.6 cm³/mol. The first-order valence-electron chi connectivity index (χ1n) is 8.38. The number of fused-ring (bicyclic) bond motifs is 1. The van der Waals surface area contributed by atoms with E-state index in [9.17, 15) is 9.90 Å². The SMILES string of the molecule is CCCOCCN(C)C(C)=Nc1ccc2c(c1)[C@@H](C(N)=O)[C@H](O)C2. The number of rotatable bonds is 7. The Bertz CT molecular complexity index is 616. The quantitative estimate of drug-likeness (QED) is 0.450. The molecule has 2 rings (SSSR count). The second-order valence-electron chi connectivity index (χ2n) is 6.23. The van der Waals surface area contributed by atoms with Gasteiger partial charge in [-0.3, -0.25) is 4.79 Å². The normalized spacial score (nSPS) is 20.1. The topological polar surface area (TPSA) is 88.1 Å². The molecule has 3 N–H and O–H groups in total. The fraction of sp³-hybridized carbons (Fsp3) is 0.556. The maximum absolute atomic E-state index is 11.6. The highest BCUT2D eigenvalue weighted by molar-refractivity contribution is 5.85. The number of primary amides is 1. The molecule has 1 aromatic rings. The minimum Gasteiger partial charge on any atom is -0.392 e. The van der Waals surface area contributed by atoms with Crippen LogP contribution in [-0.4, -0.2) is 54.7 Å². The van der Waals surface area contributed by atoms with Crippen molar-refractivity contribution in [3.8, 4) is 0 Å². The van der Waals surface area contributed by atoms with E-state index >= 15 is 0 Å². The number of amides is 1. The van der Waals surface area contributed by atoms with Crippen LogP contribution in [0, 0.1) is 0 Å². The number of carbonyl (C=O) groups excluding carboxylic acids is 1. The van der Waals surface area contributed by atoms with Crippen LogP contribution in [0.1, 0.15) is 37.3 Å². The van der Waals surface area contributed by atoms with Gasteiger partial charge in [-0.15, -0.1) is 0 Å². The molecule has 6 heteroatoms. The lowest BCUT2D eigenvalue weighted by atomic mass is 9.99. The summed E-state index contributed by atoms with van der Waals surface area (Å²) in [5.74, 6) is -0.274. The third kappa shape index (κ3) is 4.33. The average molecular weight is 333 g/mol. The largest absolute Gasteiger partial charge is 0.392 e. The summed E-state index contributed by atoms with van der Waals surface area (Å²) in [7, 11) is 1.97. The van der Waals surface area contributed by atoms with Gasteiger partial charge in [-0.1, -0.05) is 13.0 Å². The lowest BCUT2D eigenvalue weighted by Crippen LogP contribution is -2.28. The Morgan fingerprint density at radius 3 is 2.88 bits per heavy atom. The number of aliphatic hydroxyl groups excluding tert-OH is 1. The highest BCUT2D eigenvalue weighted by atomic mass is 16.5. The number of nitrogens with two attached hydrogens (primary N) is 1. The Labute approximate surface area is 143 Å². The molecule has 0 bridgehead atoms. The van der Waals surface area contributed by atoms with E-state index in [-0.39, 0.29) is 0 Å². The first kappa shape index (κ1) is 18.4. The van der Waals surface area contributed by atoms with Crippen LogP contribution in [-0.2, 0) is 16.0 Å². The van der Waals surface area contributed by atoms with Crippen LogP contribution in [0.3, 0.4) is 0 Å². The van der Waals surface area contributed by atoms with E-state index in [0.29, 0.717) is 13.0 Å². The second kappa shape index (κ2) is 8.26. The van der Waals surface area contributed by atoms with Gasteiger partial charge in [-0.05, 0) is 43.0 Å². The number of ether oxygens (including phenoxy) is 1. The van der Waals surface area contributed by atoms with E-state index in [0.717, 1.165) is 42.2 Å². The zero-order valence-corrected chi connectivity index (χ0v) is 14.7. The minimum absolute atomic E-state index is 0.459. The van der Waals surface area contributed by atoms with Gasteiger partial charge in [0.1, 0.15) is 5.84 Å². The molecule has 1 amide bonds. The maximum Gasteiger partial charge on any atom is 0.227 e. The summed E-state index contributed by atoms with van der Waals surface area (Å²) in [6.45, 7) is 6.22. The highest BCUT2D eigenvalue weighted by Crippen LogP contribution is 2.35. The van der Waals surface area contributed by atoms with Gasteiger partial charge in [-0.2, -0.15) is 0 Å². The van der Waals surface area contributed by atoms with Gasteiger partial charge in [0.05, 0.1) is 24.3 Å². The monoisotopic (exact) mass is 333 g/mol. The summed E-state index contributed by atoms with van der Waals surface area (Å²) in [4.78, 5) is 18.2. The molecule has 0 unspecified atom stereocenters. The Kier molecular flexibility index (Phi) is 6.34. The number of hydrogen-bond acceptors (Lipinski definition) is 4. The minimum atomic E-state index is -0.740. The van der Waals surface area contributed by atoms with Crippen molar-refractivity contribution in [3.63, 3.8) is 0 Å². The molecule has 0 saturated carbocycles. The van der Waals surface area contributed by atoms with Crippen LogP contribution in [0.4, 0.5) is 5.69 Å². The molecule has 0 radical (unpaired) electrons.